The van der Waals surface area contributed by atoms with Crippen LogP contribution in [0.25, 0.3) is 22.3 Å². The van der Waals surface area contributed by atoms with E-state index in [9.17, 15) is 30.0 Å². The zero-order valence-electron chi connectivity index (χ0n) is 17.7. The third kappa shape index (κ3) is 3.34. The van der Waals surface area contributed by atoms with Crippen molar-refractivity contribution in [1.82, 2.24) is 0 Å². The van der Waals surface area contributed by atoms with Crippen LogP contribution in [0.3, 0.4) is 0 Å². The Labute approximate surface area is 191 Å². The number of hydrogen-bond donors (Lipinski definition) is 4. The van der Waals surface area contributed by atoms with Crippen LogP contribution in [0.1, 0.15) is 23.5 Å². The number of ether oxygens (including phenoxy) is 2. The maximum absolute atomic E-state index is 13.0. The maximum atomic E-state index is 13.0. The molecule has 1 atom stereocenters. The van der Waals surface area contributed by atoms with Gasteiger partial charge in [0.15, 0.2) is 28.4 Å². The number of carbonyl (C=O) groups excluding carboxylic acids is 1. The molecule has 4 aromatic rings. The molecule has 9 nitrogen and oxygen atoms in total. The predicted octanol–water partition coefficient (Wildman–Crippen LogP) is 3.73. The fraction of sp³-hybridized carbons (Fsp3) is 0.120. The summed E-state index contributed by atoms with van der Waals surface area (Å²) in [6, 6.07) is 10.9. The molecule has 1 unspecified atom stereocenters. The first-order valence-electron chi connectivity index (χ1n) is 10.2. The van der Waals surface area contributed by atoms with Gasteiger partial charge in [-0.3, -0.25) is 9.59 Å². The van der Waals surface area contributed by atoms with E-state index in [-0.39, 0.29) is 46.1 Å². The first-order chi connectivity index (χ1) is 16.3. The van der Waals surface area contributed by atoms with Gasteiger partial charge >= 0.3 is 5.97 Å². The second-order valence-corrected chi connectivity index (χ2v) is 7.85. The Bertz CT molecular complexity index is 1530. The van der Waals surface area contributed by atoms with Gasteiger partial charge in [0.25, 0.3) is 0 Å². The summed E-state index contributed by atoms with van der Waals surface area (Å²) in [5.41, 5.74) is 0.630. The highest BCUT2D eigenvalue weighted by molar-refractivity contribution is 5.93. The summed E-state index contributed by atoms with van der Waals surface area (Å²) in [5.74, 6) is -2.19. The van der Waals surface area contributed by atoms with Crippen LogP contribution in [0.2, 0.25) is 0 Å². The molecule has 0 saturated carbocycles. The molecule has 34 heavy (non-hydrogen) atoms. The predicted molar refractivity (Wildman–Crippen MR) is 120 cm³/mol. The molecule has 0 spiro atoms. The number of hydrogen-bond acceptors (Lipinski definition) is 9. The van der Waals surface area contributed by atoms with E-state index in [1.807, 2.05) is 0 Å². The monoisotopic (exact) mass is 462 g/mol. The first kappa shape index (κ1) is 21.2. The number of benzene rings is 3. The number of carbonyl (C=O) groups is 1. The van der Waals surface area contributed by atoms with E-state index in [4.69, 9.17) is 13.9 Å². The normalized spacial score (nSPS) is 15.1. The highest BCUT2D eigenvalue weighted by atomic mass is 16.5. The number of phenolic OH excluding ortho intramolecular Hbond substituents is 4. The van der Waals surface area contributed by atoms with E-state index in [2.05, 4.69) is 0 Å². The molecular weight excluding hydrogens is 444 g/mol. The Morgan fingerprint density at radius 3 is 2.38 bits per heavy atom. The van der Waals surface area contributed by atoms with Gasteiger partial charge in [0.2, 0.25) is 0 Å². The van der Waals surface area contributed by atoms with E-state index in [0.29, 0.717) is 16.7 Å². The van der Waals surface area contributed by atoms with Crippen LogP contribution in [-0.4, -0.2) is 33.5 Å². The van der Waals surface area contributed by atoms with Crippen LogP contribution in [0.15, 0.2) is 57.7 Å². The van der Waals surface area contributed by atoms with Crippen molar-refractivity contribution >= 4 is 16.9 Å². The topological polar surface area (TPSA) is 147 Å². The molecule has 5 rings (SSSR count). The number of rotatable bonds is 3. The molecule has 0 fully saturated rings. The van der Waals surface area contributed by atoms with Crippen molar-refractivity contribution in [3.63, 3.8) is 0 Å². The number of methoxy groups -OCH3 is 1. The molecule has 9 heteroatoms. The summed E-state index contributed by atoms with van der Waals surface area (Å²) in [6.45, 7) is 0. The molecule has 0 amide bonds. The smallest absolute Gasteiger partial charge is 0.312 e. The second kappa shape index (κ2) is 7.73. The van der Waals surface area contributed by atoms with Gasteiger partial charge in [0.05, 0.1) is 13.5 Å². The van der Waals surface area contributed by atoms with Crippen molar-refractivity contribution in [3.05, 3.63) is 69.9 Å². The second-order valence-electron chi connectivity index (χ2n) is 7.85. The minimum atomic E-state index is -0.664. The van der Waals surface area contributed by atoms with Crippen LogP contribution in [0.4, 0.5) is 0 Å². The van der Waals surface area contributed by atoms with Crippen LogP contribution in [0, 0.1) is 0 Å². The van der Waals surface area contributed by atoms with Crippen LogP contribution >= 0.6 is 0 Å². The van der Waals surface area contributed by atoms with Crippen LogP contribution in [0.5, 0.6) is 34.5 Å². The minimum absolute atomic E-state index is 0.00197. The zero-order chi connectivity index (χ0) is 24.1. The Morgan fingerprint density at radius 1 is 0.882 bits per heavy atom. The van der Waals surface area contributed by atoms with Gasteiger partial charge in [-0.2, -0.15) is 0 Å². The molecule has 172 valence electrons. The zero-order valence-corrected chi connectivity index (χ0v) is 17.7. The number of phenols is 4. The quantitative estimate of drug-likeness (QED) is 0.203. The van der Waals surface area contributed by atoms with Gasteiger partial charge in [-0.15, -0.1) is 0 Å². The molecule has 0 bridgehead atoms. The molecule has 4 N–H and O–H groups in total. The summed E-state index contributed by atoms with van der Waals surface area (Å²) in [4.78, 5) is 25.3. The largest absolute Gasteiger partial charge is 0.507 e. The molecule has 0 saturated heterocycles. The average Bonchev–Trinajstić information content (AvgIpc) is 2.79. The standard InChI is InChI=1S/C25H18O9/c1-32-19-5-3-11(6-16(19)28)13-8-22(31)33-21-10-18(30)24-17(29)9-20(34-25(24)23(13)21)12-2-4-14(26)15(27)7-12/h2-7,9-10,13,26-28,30H,8H2,1H3. The van der Waals surface area contributed by atoms with Gasteiger partial charge in [-0.05, 0) is 35.9 Å². The molecule has 3 aromatic carbocycles. The molecule has 2 heterocycles. The Hall–Kier alpha value is -4.66. The minimum Gasteiger partial charge on any atom is -0.507 e. The van der Waals surface area contributed by atoms with E-state index in [1.165, 1.54) is 37.4 Å². The van der Waals surface area contributed by atoms with E-state index < -0.39 is 28.8 Å². The molecule has 1 aromatic heterocycles. The van der Waals surface area contributed by atoms with Gasteiger partial charge in [0, 0.05) is 29.2 Å². The van der Waals surface area contributed by atoms with Gasteiger partial charge in [0.1, 0.15) is 28.2 Å². The Kier molecular flexibility index (Phi) is 4.82. The third-order valence-electron chi connectivity index (χ3n) is 5.79. The molecule has 1 aliphatic rings. The summed E-state index contributed by atoms with van der Waals surface area (Å²) in [7, 11) is 1.41. The van der Waals surface area contributed by atoms with Crippen molar-refractivity contribution in [1.29, 1.82) is 0 Å². The Morgan fingerprint density at radius 2 is 1.68 bits per heavy atom. The van der Waals surface area contributed by atoms with Crippen molar-refractivity contribution in [2.24, 2.45) is 0 Å². The molecule has 1 aliphatic heterocycles. The molecule has 0 aliphatic carbocycles. The fourth-order valence-electron chi connectivity index (χ4n) is 4.19. The lowest BCUT2D eigenvalue weighted by molar-refractivity contribution is -0.135. The summed E-state index contributed by atoms with van der Waals surface area (Å²) in [5, 5.41) is 40.2. The Balaban J connectivity index is 1.80. The van der Waals surface area contributed by atoms with E-state index in [0.717, 1.165) is 6.07 Å². The van der Waals surface area contributed by atoms with Gasteiger partial charge in [-0.25, -0.2) is 0 Å². The van der Waals surface area contributed by atoms with E-state index >= 15 is 0 Å². The fourth-order valence-corrected chi connectivity index (χ4v) is 4.19. The summed E-state index contributed by atoms with van der Waals surface area (Å²) < 4.78 is 16.5. The van der Waals surface area contributed by atoms with Crippen LogP contribution < -0.4 is 14.9 Å². The third-order valence-corrected chi connectivity index (χ3v) is 5.79. The maximum Gasteiger partial charge on any atom is 0.312 e. The molecule has 0 radical (unpaired) electrons. The van der Waals surface area contributed by atoms with Gasteiger partial charge < -0.3 is 34.3 Å². The van der Waals surface area contributed by atoms with Crippen molar-refractivity contribution in [2.45, 2.75) is 12.3 Å². The lowest BCUT2D eigenvalue weighted by Crippen LogP contribution is -2.22. The average molecular weight is 462 g/mol. The summed E-state index contributed by atoms with van der Waals surface area (Å²) in [6.07, 6.45) is -0.105. The number of esters is 1. The lowest BCUT2D eigenvalue weighted by Gasteiger charge is -2.26. The highest BCUT2D eigenvalue weighted by Crippen LogP contribution is 2.47. The van der Waals surface area contributed by atoms with Gasteiger partial charge in [-0.1, -0.05) is 6.07 Å². The summed E-state index contributed by atoms with van der Waals surface area (Å²) >= 11 is 0. The first-order valence-corrected chi connectivity index (χ1v) is 10.2. The van der Waals surface area contributed by atoms with Crippen molar-refractivity contribution < 1.29 is 39.1 Å². The number of fused-ring (bicyclic) bond motifs is 3. The van der Waals surface area contributed by atoms with Crippen molar-refractivity contribution in [2.75, 3.05) is 7.11 Å². The highest BCUT2D eigenvalue weighted by Gasteiger charge is 2.34. The van der Waals surface area contributed by atoms with E-state index in [1.54, 1.807) is 12.1 Å². The molecular formula is C25H18O9. The van der Waals surface area contributed by atoms with Crippen LogP contribution in [-0.2, 0) is 4.79 Å². The van der Waals surface area contributed by atoms with Crippen molar-refractivity contribution in [3.8, 4) is 45.8 Å². The lowest BCUT2D eigenvalue weighted by atomic mass is 9.85. The SMILES string of the molecule is COc1ccc(C2CC(=O)Oc3cc(O)c4c(=O)cc(-c5ccc(O)c(O)c5)oc4c32)cc1O. The number of aromatic hydroxyl groups is 4.